The van der Waals surface area contributed by atoms with Crippen LogP contribution in [-0.4, -0.2) is 31.1 Å². The number of para-hydroxylation sites is 1. The summed E-state index contributed by atoms with van der Waals surface area (Å²) in [7, 11) is 0.272. The summed E-state index contributed by atoms with van der Waals surface area (Å²) in [6.45, 7) is 12.4. The monoisotopic (exact) mass is 416 g/mol. The van der Waals surface area contributed by atoms with Crippen LogP contribution >= 0.6 is 11.6 Å². The van der Waals surface area contributed by atoms with Gasteiger partial charge in [0, 0.05) is 18.0 Å². The van der Waals surface area contributed by atoms with Gasteiger partial charge in [-0.1, -0.05) is 44.5 Å². The highest BCUT2D eigenvalue weighted by Gasteiger charge is 2.36. The number of aromatic nitrogens is 2. The van der Waals surface area contributed by atoms with E-state index in [0.717, 1.165) is 27.9 Å². The summed E-state index contributed by atoms with van der Waals surface area (Å²) in [6.07, 6.45) is 1.80. The average molecular weight is 417 g/mol. The molecule has 0 N–H and O–H groups in total. The van der Waals surface area contributed by atoms with Gasteiger partial charge in [0.05, 0.1) is 24.0 Å². The lowest BCUT2D eigenvalue weighted by Gasteiger charge is -2.36. The molecule has 3 rings (SSSR count). The van der Waals surface area contributed by atoms with Crippen LogP contribution in [0.2, 0.25) is 23.3 Å². The molecule has 0 atom stereocenters. The summed E-state index contributed by atoms with van der Waals surface area (Å²) < 4.78 is 14.5. The molecule has 0 spiro atoms. The van der Waals surface area contributed by atoms with Gasteiger partial charge in [-0.2, -0.15) is 0 Å². The lowest BCUT2D eigenvalue weighted by Crippen LogP contribution is -2.41. The van der Waals surface area contributed by atoms with Crippen LogP contribution < -0.4 is 4.74 Å². The van der Waals surface area contributed by atoms with Crippen molar-refractivity contribution in [3.05, 3.63) is 47.7 Å². The number of ether oxygens (including phenoxy) is 1. The topological polar surface area (TPSA) is 36.3 Å². The van der Waals surface area contributed by atoms with Gasteiger partial charge >= 0.3 is 0 Å². The van der Waals surface area contributed by atoms with E-state index in [9.17, 15) is 0 Å². The van der Waals surface area contributed by atoms with E-state index in [-0.39, 0.29) is 5.04 Å². The average Bonchev–Trinajstić information content (AvgIpc) is 2.94. The van der Waals surface area contributed by atoms with E-state index in [2.05, 4.69) is 55.5 Å². The predicted octanol–water partition coefficient (Wildman–Crippen LogP) is 6.29. The molecule has 0 fully saturated rings. The molecule has 0 aliphatic heterocycles. The number of fused-ring (bicyclic) bond motifs is 1. The molecular weight excluding hydrogens is 388 g/mol. The molecule has 2 heterocycles. The van der Waals surface area contributed by atoms with Crippen molar-refractivity contribution >= 4 is 30.8 Å². The molecule has 0 bridgehead atoms. The SMILES string of the molecule is Cn1c(-c2ccccc2OCCO[Si](C)(C)C(C)(C)C)cc2cc(Cl)ncc21. The molecule has 0 amide bonds. The van der Waals surface area contributed by atoms with Crippen LogP contribution in [0.25, 0.3) is 22.2 Å². The van der Waals surface area contributed by atoms with Gasteiger partial charge < -0.3 is 13.7 Å². The van der Waals surface area contributed by atoms with E-state index >= 15 is 0 Å². The fraction of sp³-hybridized carbons (Fsp3) is 0.409. The van der Waals surface area contributed by atoms with Crippen molar-refractivity contribution in [1.82, 2.24) is 9.55 Å². The van der Waals surface area contributed by atoms with E-state index in [0.29, 0.717) is 18.4 Å². The van der Waals surface area contributed by atoms with Crippen LogP contribution in [0.4, 0.5) is 0 Å². The third-order valence-corrected chi connectivity index (χ3v) is 10.4. The van der Waals surface area contributed by atoms with Crippen molar-refractivity contribution in [2.75, 3.05) is 13.2 Å². The molecule has 1 aromatic carbocycles. The van der Waals surface area contributed by atoms with Crippen molar-refractivity contribution in [1.29, 1.82) is 0 Å². The maximum absolute atomic E-state index is 6.23. The van der Waals surface area contributed by atoms with Gasteiger partial charge in [0.25, 0.3) is 0 Å². The highest BCUT2D eigenvalue weighted by Crippen LogP contribution is 2.37. The number of benzene rings is 1. The van der Waals surface area contributed by atoms with Gasteiger partial charge in [0.15, 0.2) is 8.32 Å². The van der Waals surface area contributed by atoms with Crippen molar-refractivity contribution in [3.63, 3.8) is 0 Å². The van der Waals surface area contributed by atoms with E-state index in [1.807, 2.05) is 31.3 Å². The summed E-state index contributed by atoms with van der Waals surface area (Å²) in [5.74, 6) is 0.853. The van der Waals surface area contributed by atoms with E-state index in [1.165, 1.54) is 0 Å². The van der Waals surface area contributed by atoms with Gasteiger partial charge in [-0.25, -0.2) is 4.98 Å². The summed E-state index contributed by atoms with van der Waals surface area (Å²) in [4.78, 5) is 4.20. The molecule has 3 aromatic rings. The second-order valence-corrected chi connectivity index (χ2v) is 13.8. The quantitative estimate of drug-likeness (QED) is 0.269. The molecule has 0 saturated heterocycles. The fourth-order valence-electron chi connectivity index (χ4n) is 2.93. The summed E-state index contributed by atoms with van der Waals surface area (Å²) >= 11 is 6.06. The first kappa shape index (κ1) is 20.9. The molecule has 6 heteroatoms. The third-order valence-electron chi connectivity index (χ3n) is 5.67. The molecule has 0 radical (unpaired) electrons. The maximum Gasteiger partial charge on any atom is 0.192 e. The van der Waals surface area contributed by atoms with Gasteiger partial charge in [-0.15, -0.1) is 0 Å². The van der Waals surface area contributed by atoms with Crippen LogP contribution in [0.15, 0.2) is 42.6 Å². The zero-order valence-electron chi connectivity index (χ0n) is 17.5. The zero-order valence-corrected chi connectivity index (χ0v) is 19.3. The number of hydrogen-bond donors (Lipinski definition) is 0. The molecule has 0 saturated carbocycles. The Morgan fingerprint density at radius 1 is 1.11 bits per heavy atom. The van der Waals surface area contributed by atoms with E-state index < -0.39 is 8.32 Å². The van der Waals surface area contributed by atoms with Crippen molar-refractivity contribution < 1.29 is 9.16 Å². The Labute approximate surface area is 173 Å². The van der Waals surface area contributed by atoms with Crippen LogP contribution in [0, 0.1) is 0 Å². The number of nitrogens with zero attached hydrogens (tertiary/aromatic N) is 2. The predicted molar refractivity (Wildman–Crippen MR) is 120 cm³/mol. The molecular formula is C22H29ClN2O2Si. The Kier molecular flexibility index (Phi) is 5.89. The number of rotatable bonds is 6. The summed E-state index contributed by atoms with van der Waals surface area (Å²) in [6, 6.07) is 12.1. The third kappa shape index (κ3) is 4.27. The Morgan fingerprint density at radius 2 is 1.82 bits per heavy atom. The number of aryl methyl sites for hydroxylation is 1. The van der Waals surface area contributed by atoms with Gasteiger partial charge in [-0.05, 0) is 42.4 Å². The van der Waals surface area contributed by atoms with E-state index in [1.54, 1.807) is 6.20 Å². The van der Waals surface area contributed by atoms with Crippen molar-refractivity contribution in [2.24, 2.45) is 7.05 Å². The number of halogens is 1. The van der Waals surface area contributed by atoms with Crippen LogP contribution in [0.1, 0.15) is 20.8 Å². The fourth-order valence-corrected chi connectivity index (χ4v) is 4.13. The van der Waals surface area contributed by atoms with Crippen LogP contribution in [0.5, 0.6) is 5.75 Å². The second kappa shape index (κ2) is 7.89. The summed E-state index contributed by atoms with van der Waals surface area (Å²) in [5, 5.41) is 1.76. The zero-order chi connectivity index (χ0) is 20.5. The Balaban J connectivity index is 1.78. The molecule has 4 nitrogen and oxygen atoms in total. The molecule has 0 aliphatic carbocycles. The Bertz CT molecular complexity index is 976. The summed E-state index contributed by atoms with van der Waals surface area (Å²) in [5.41, 5.74) is 3.15. The highest BCUT2D eigenvalue weighted by atomic mass is 35.5. The first-order valence-electron chi connectivity index (χ1n) is 9.57. The minimum Gasteiger partial charge on any atom is -0.491 e. The first-order valence-corrected chi connectivity index (χ1v) is 12.9. The smallest absolute Gasteiger partial charge is 0.192 e. The molecule has 0 unspecified atom stereocenters. The van der Waals surface area contributed by atoms with Gasteiger partial charge in [0.1, 0.15) is 17.5 Å². The van der Waals surface area contributed by atoms with E-state index in [4.69, 9.17) is 20.8 Å². The number of pyridine rings is 1. The number of hydrogen-bond acceptors (Lipinski definition) is 3. The molecule has 28 heavy (non-hydrogen) atoms. The normalized spacial score (nSPS) is 12.5. The van der Waals surface area contributed by atoms with Gasteiger partial charge in [0.2, 0.25) is 0 Å². The largest absolute Gasteiger partial charge is 0.491 e. The Morgan fingerprint density at radius 3 is 2.54 bits per heavy atom. The maximum atomic E-state index is 6.23. The first-order chi connectivity index (χ1) is 13.1. The standard InChI is InChI=1S/C22H29ClN2O2Si/c1-22(2,3)28(5,6)27-12-11-26-20-10-8-7-9-17(20)18-13-16-14-21(23)24-15-19(16)25(18)4/h7-10,13-15H,11-12H2,1-6H3. The molecule has 150 valence electrons. The van der Waals surface area contributed by atoms with Crippen molar-refractivity contribution in [2.45, 2.75) is 38.9 Å². The molecule has 0 aliphatic rings. The minimum absolute atomic E-state index is 0.198. The van der Waals surface area contributed by atoms with Crippen LogP contribution in [0.3, 0.4) is 0 Å². The lowest BCUT2D eigenvalue weighted by atomic mass is 10.1. The van der Waals surface area contributed by atoms with Crippen molar-refractivity contribution in [3.8, 4) is 17.0 Å². The molecule has 2 aromatic heterocycles. The van der Waals surface area contributed by atoms with Gasteiger partial charge in [-0.3, -0.25) is 0 Å². The second-order valence-electron chi connectivity index (χ2n) is 8.61. The Hall–Kier alpha value is -1.82. The lowest BCUT2D eigenvalue weighted by molar-refractivity contribution is 0.204. The minimum atomic E-state index is -1.76. The van der Waals surface area contributed by atoms with Crippen LogP contribution in [-0.2, 0) is 11.5 Å². The highest BCUT2D eigenvalue weighted by molar-refractivity contribution is 6.74.